The molecule has 2 aromatic rings. The summed E-state index contributed by atoms with van der Waals surface area (Å²) in [6, 6.07) is 11.7. The van der Waals surface area contributed by atoms with Gasteiger partial charge in [-0.05, 0) is 29.8 Å². The first-order chi connectivity index (χ1) is 12.1. The number of hydrogen-bond donors (Lipinski definition) is 0. The SMILES string of the molecule is O=C(CN1C(=O)c2ccccc2C1=O)OCc1ccc2c(c1)OCO2. The molecule has 0 aliphatic carbocycles. The quantitative estimate of drug-likeness (QED) is 0.623. The van der Waals surface area contributed by atoms with Crippen LogP contribution in [0.25, 0.3) is 0 Å². The molecule has 126 valence electrons. The lowest BCUT2D eigenvalue weighted by atomic mass is 10.1. The Morgan fingerprint density at radius 3 is 2.40 bits per heavy atom. The van der Waals surface area contributed by atoms with E-state index in [1.807, 2.05) is 0 Å². The maximum atomic E-state index is 12.2. The van der Waals surface area contributed by atoms with Crippen molar-refractivity contribution in [3.63, 3.8) is 0 Å². The summed E-state index contributed by atoms with van der Waals surface area (Å²) < 4.78 is 15.6. The molecule has 2 aliphatic heterocycles. The van der Waals surface area contributed by atoms with Crippen molar-refractivity contribution in [2.24, 2.45) is 0 Å². The molecule has 2 amide bonds. The van der Waals surface area contributed by atoms with Crippen LogP contribution in [0.4, 0.5) is 0 Å². The van der Waals surface area contributed by atoms with Crippen LogP contribution in [-0.4, -0.2) is 36.0 Å². The second kappa shape index (κ2) is 5.94. The Kier molecular flexibility index (Phi) is 3.61. The summed E-state index contributed by atoms with van der Waals surface area (Å²) in [5.74, 6) is -0.400. The second-order valence-corrected chi connectivity index (χ2v) is 5.59. The van der Waals surface area contributed by atoms with Crippen LogP contribution >= 0.6 is 0 Å². The Morgan fingerprint density at radius 2 is 1.68 bits per heavy atom. The minimum absolute atomic E-state index is 0.0125. The van der Waals surface area contributed by atoms with Crippen LogP contribution in [0.1, 0.15) is 26.3 Å². The number of fused-ring (bicyclic) bond motifs is 2. The molecule has 4 rings (SSSR count). The molecule has 0 unspecified atom stereocenters. The number of nitrogens with zero attached hydrogens (tertiary/aromatic N) is 1. The van der Waals surface area contributed by atoms with Gasteiger partial charge in [-0.15, -0.1) is 0 Å². The van der Waals surface area contributed by atoms with Gasteiger partial charge in [0.25, 0.3) is 11.8 Å². The third kappa shape index (κ3) is 2.69. The van der Waals surface area contributed by atoms with E-state index in [0.29, 0.717) is 22.6 Å². The zero-order valence-electron chi connectivity index (χ0n) is 13.1. The van der Waals surface area contributed by atoms with Crippen LogP contribution in [0.3, 0.4) is 0 Å². The fourth-order valence-corrected chi connectivity index (χ4v) is 2.75. The van der Waals surface area contributed by atoms with Crippen LogP contribution in [0.2, 0.25) is 0 Å². The number of carbonyl (C=O) groups excluding carboxylic acids is 3. The predicted octanol–water partition coefficient (Wildman–Crippen LogP) is 1.75. The first-order valence-corrected chi connectivity index (χ1v) is 7.63. The number of esters is 1. The highest BCUT2D eigenvalue weighted by Crippen LogP contribution is 2.32. The van der Waals surface area contributed by atoms with Gasteiger partial charge in [0, 0.05) is 0 Å². The molecular weight excluding hydrogens is 326 g/mol. The Hall–Kier alpha value is -3.35. The lowest BCUT2D eigenvalue weighted by Crippen LogP contribution is -2.35. The van der Waals surface area contributed by atoms with Crippen LogP contribution in [-0.2, 0) is 16.1 Å². The first kappa shape index (κ1) is 15.2. The minimum Gasteiger partial charge on any atom is -0.459 e. The first-order valence-electron chi connectivity index (χ1n) is 7.63. The summed E-state index contributed by atoms with van der Waals surface area (Å²) in [5, 5.41) is 0. The van der Waals surface area contributed by atoms with Crippen molar-refractivity contribution in [1.29, 1.82) is 0 Å². The highest BCUT2D eigenvalue weighted by atomic mass is 16.7. The topological polar surface area (TPSA) is 82.1 Å². The monoisotopic (exact) mass is 339 g/mol. The molecule has 2 aliphatic rings. The Bertz CT molecular complexity index is 856. The van der Waals surface area contributed by atoms with E-state index < -0.39 is 24.3 Å². The van der Waals surface area contributed by atoms with Gasteiger partial charge < -0.3 is 14.2 Å². The van der Waals surface area contributed by atoms with Crippen molar-refractivity contribution >= 4 is 17.8 Å². The van der Waals surface area contributed by atoms with E-state index in [1.54, 1.807) is 42.5 Å². The van der Waals surface area contributed by atoms with Crippen LogP contribution in [0, 0.1) is 0 Å². The molecule has 0 saturated carbocycles. The number of carbonyl (C=O) groups is 3. The molecule has 0 bridgehead atoms. The Labute approximate surface area is 142 Å². The lowest BCUT2D eigenvalue weighted by Gasteiger charge is -2.13. The molecule has 7 heteroatoms. The van der Waals surface area contributed by atoms with Gasteiger partial charge in [-0.2, -0.15) is 0 Å². The molecule has 0 N–H and O–H groups in total. The van der Waals surface area contributed by atoms with Gasteiger partial charge in [-0.3, -0.25) is 19.3 Å². The van der Waals surface area contributed by atoms with Gasteiger partial charge in [-0.1, -0.05) is 18.2 Å². The van der Waals surface area contributed by atoms with Gasteiger partial charge in [0.05, 0.1) is 11.1 Å². The summed E-state index contributed by atoms with van der Waals surface area (Å²) in [6.07, 6.45) is 0. The number of imide groups is 1. The fourth-order valence-electron chi connectivity index (χ4n) is 2.75. The summed E-state index contributed by atoms with van der Waals surface area (Å²) >= 11 is 0. The van der Waals surface area contributed by atoms with Crippen molar-refractivity contribution in [3.05, 3.63) is 59.2 Å². The number of benzene rings is 2. The third-order valence-corrected chi connectivity index (χ3v) is 4.00. The second-order valence-electron chi connectivity index (χ2n) is 5.59. The molecule has 2 heterocycles. The van der Waals surface area contributed by atoms with Gasteiger partial charge in [0.1, 0.15) is 13.2 Å². The van der Waals surface area contributed by atoms with Gasteiger partial charge in [0.15, 0.2) is 11.5 Å². The molecular formula is C18H13NO6. The molecule has 25 heavy (non-hydrogen) atoms. The normalized spacial score (nSPS) is 14.6. The van der Waals surface area contributed by atoms with Crippen molar-refractivity contribution < 1.29 is 28.6 Å². The maximum absolute atomic E-state index is 12.2. The van der Waals surface area contributed by atoms with E-state index >= 15 is 0 Å². The molecule has 0 saturated heterocycles. The molecule has 0 aromatic heterocycles. The van der Waals surface area contributed by atoms with Crippen molar-refractivity contribution in [3.8, 4) is 11.5 Å². The van der Waals surface area contributed by atoms with E-state index in [1.165, 1.54) is 0 Å². The van der Waals surface area contributed by atoms with Crippen molar-refractivity contribution in [2.75, 3.05) is 13.3 Å². The fraction of sp³-hybridized carbons (Fsp3) is 0.167. The minimum atomic E-state index is -0.660. The van der Waals surface area contributed by atoms with E-state index in [4.69, 9.17) is 14.2 Å². The standard InChI is InChI=1S/C18H13NO6/c20-16(23-9-11-5-6-14-15(7-11)25-10-24-14)8-19-17(21)12-3-1-2-4-13(12)18(19)22/h1-7H,8-10H2. The number of hydrogen-bond acceptors (Lipinski definition) is 6. The van der Waals surface area contributed by atoms with Crippen molar-refractivity contribution in [2.45, 2.75) is 6.61 Å². The van der Waals surface area contributed by atoms with Crippen LogP contribution < -0.4 is 9.47 Å². The average Bonchev–Trinajstić information content (AvgIpc) is 3.19. The molecule has 0 atom stereocenters. The number of ether oxygens (including phenoxy) is 3. The Morgan fingerprint density at radius 1 is 1.00 bits per heavy atom. The molecule has 0 fully saturated rings. The molecule has 7 nitrogen and oxygen atoms in total. The zero-order chi connectivity index (χ0) is 17.4. The largest absolute Gasteiger partial charge is 0.459 e. The summed E-state index contributed by atoms with van der Waals surface area (Å²) in [6.45, 7) is -0.242. The van der Waals surface area contributed by atoms with Crippen LogP contribution in [0.5, 0.6) is 11.5 Å². The maximum Gasteiger partial charge on any atom is 0.326 e. The van der Waals surface area contributed by atoms with Gasteiger partial charge >= 0.3 is 5.97 Å². The highest BCUT2D eigenvalue weighted by molar-refractivity contribution is 6.22. The summed E-state index contributed by atoms with van der Waals surface area (Å²) in [7, 11) is 0. The summed E-state index contributed by atoms with van der Waals surface area (Å²) in [4.78, 5) is 37.3. The number of amides is 2. The smallest absolute Gasteiger partial charge is 0.326 e. The van der Waals surface area contributed by atoms with Gasteiger partial charge in [0.2, 0.25) is 6.79 Å². The average molecular weight is 339 g/mol. The highest BCUT2D eigenvalue weighted by Gasteiger charge is 2.36. The predicted molar refractivity (Wildman–Crippen MR) is 84.2 cm³/mol. The zero-order valence-corrected chi connectivity index (χ0v) is 13.1. The van der Waals surface area contributed by atoms with E-state index in [0.717, 1.165) is 10.5 Å². The summed E-state index contributed by atoms with van der Waals surface area (Å²) in [5.41, 5.74) is 1.33. The van der Waals surface area contributed by atoms with E-state index in [2.05, 4.69) is 0 Å². The lowest BCUT2D eigenvalue weighted by molar-refractivity contribution is -0.145. The van der Waals surface area contributed by atoms with Crippen molar-refractivity contribution in [1.82, 2.24) is 4.90 Å². The molecule has 0 radical (unpaired) electrons. The third-order valence-electron chi connectivity index (χ3n) is 4.00. The van der Waals surface area contributed by atoms with Gasteiger partial charge in [-0.25, -0.2) is 0 Å². The molecule has 2 aromatic carbocycles. The van der Waals surface area contributed by atoms with E-state index in [-0.39, 0.29) is 13.4 Å². The van der Waals surface area contributed by atoms with E-state index in [9.17, 15) is 14.4 Å². The van der Waals surface area contributed by atoms with Crippen LogP contribution in [0.15, 0.2) is 42.5 Å². The number of rotatable bonds is 4. The molecule has 0 spiro atoms. The Balaban J connectivity index is 1.38.